The van der Waals surface area contributed by atoms with E-state index in [4.69, 9.17) is 0 Å². The maximum Gasteiger partial charge on any atom is 0.412 e. The fourth-order valence-corrected chi connectivity index (χ4v) is 1.25. The Bertz CT molecular complexity index is 437. The van der Waals surface area contributed by atoms with Crippen LogP contribution in [0.4, 0.5) is 5.82 Å². The Kier molecular flexibility index (Phi) is 4.83. The molecule has 1 rings (SSSR count). The van der Waals surface area contributed by atoms with Gasteiger partial charge in [0, 0.05) is 28.4 Å². The van der Waals surface area contributed by atoms with Gasteiger partial charge in [0.2, 0.25) is 4.60 Å². The molecule has 0 N–H and O–H groups in total. The Morgan fingerprint density at radius 2 is 2.29 bits per heavy atom. The van der Waals surface area contributed by atoms with Gasteiger partial charge >= 0.3 is 11.8 Å². The molecule has 1 heterocycles. The van der Waals surface area contributed by atoms with Gasteiger partial charge in [0.05, 0.1) is 0 Å². The van der Waals surface area contributed by atoms with Crippen molar-refractivity contribution in [1.29, 1.82) is 0 Å². The van der Waals surface area contributed by atoms with E-state index in [9.17, 15) is 14.9 Å². The molecule has 7 nitrogen and oxygen atoms in total. The smallest absolute Gasteiger partial charge is 0.358 e. The molecule has 0 saturated carbocycles. The molecule has 0 aromatic carbocycles. The van der Waals surface area contributed by atoms with Crippen molar-refractivity contribution in [3.05, 3.63) is 26.9 Å². The van der Waals surface area contributed by atoms with Crippen molar-refractivity contribution < 1.29 is 19.5 Å². The number of nitro groups is 1. The Hall–Kier alpha value is -1.70. The van der Waals surface area contributed by atoms with Crippen molar-refractivity contribution in [3.8, 4) is 5.75 Å². The molecule has 92 valence electrons. The second-order valence-electron chi connectivity index (χ2n) is 3.00. The van der Waals surface area contributed by atoms with Gasteiger partial charge < -0.3 is 10.1 Å². The van der Waals surface area contributed by atoms with Gasteiger partial charge in [-0.1, -0.05) is 6.92 Å². The lowest BCUT2D eigenvalue weighted by Crippen LogP contribution is -2.08. The van der Waals surface area contributed by atoms with Crippen molar-refractivity contribution in [2.45, 2.75) is 19.8 Å². The van der Waals surface area contributed by atoms with Gasteiger partial charge in [0.25, 0.3) is 5.75 Å². The summed E-state index contributed by atoms with van der Waals surface area (Å²) >= 11 is 2.99. The Balaban J connectivity index is 2.77. The molecule has 0 amide bonds. The molecule has 0 fully saturated rings. The molecule has 0 atom stereocenters. The minimum Gasteiger partial charge on any atom is -0.358 e. The zero-order chi connectivity index (χ0) is 12.8. The molecule has 0 bridgehead atoms. The van der Waals surface area contributed by atoms with Crippen LogP contribution in [0, 0.1) is 10.1 Å². The quantitative estimate of drug-likeness (QED) is 0.359. The number of rotatable bonds is 5. The molecular weight excluding hydrogens is 296 g/mol. The Morgan fingerprint density at radius 1 is 1.59 bits per heavy atom. The zero-order valence-electron chi connectivity index (χ0n) is 8.88. The van der Waals surface area contributed by atoms with E-state index in [1.165, 1.54) is 12.1 Å². The summed E-state index contributed by atoms with van der Waals surface area (Å²) in [7, 11) is 0. The molecule has 1 aromatic rings. The van der Waals surface area contributed by atoms with E-state index in [2.05, 4.69) is 30.7 Å². The lowest BCUT2D eigenvalue weighted by Gasteiger charge is -2.03. The van der Waals surface area contributed by atoms with Crippen molar-refractivity contribution in [1.82, 2.24) is 4.98 Å². The summed E-state index contributed by atoms with van der Waals surface area (Å²) < 4.78 is 0.288. The highest BCUT2D eigenvalue weighted by Crippen LogP contribution is 2.26. The summed E-state index contributed by atoms with van der Waals surface area (Å²) in [4.78, 5) is 33.5. The monoisotopic (exact) mass is 304 g/mol. The number of hydrogen-bond acceptors (Lipinski definition) is 6. The molecule has 8 heteroatoms. The Labute approximate surface area is 105 Å². The minimum atomic E-state index is -0.728. The van der Waals surface area contributed by atoms with Gasteiger partial charge in [-0.05, 0) is 22.4 Å². The summed E-state index contributed by atoms with van der Waals surface area (Å²) in [6, 6.07) is 2.73. The van der Waals surface area contributed by atoms with Crippen molar-refractivity contribution in [3.63, 3.8) is 0 Å². The normalized spacial score (nSPS) is 9.76. The van der Waals surface area contributed by atoms with Gasteiger partial charge in [-0.3, -0.25) is 9.78 Å². The number of halogens is 1. The van der Waals surface area contributed by atoms with Crippen molar-refractivity contribution in [2.24, 2.45) is 0 Å². The fraction of sp³-hybridized carbons (Fsp3) is 0.333. The van der Waals surface area contributed by atoms with Crippen LogP contribution in [0.15, 0.2) is 16.7 Å². The molecule has 0 spiro atoms. The third-order valence-corrected chi connectivity index (χ3v) is 2.10. The lowest BCUT2D eigenvalue weighted by atomic mass is 10.3. The van der Waals surface area contributed by atoms with Crippen LogP contribution in [0.25, 0.3) is 0 Å². The maximum atomic E-state index is 11.0. The molecule has 0 saturated heterocycles. The van der Waals surface area contributed by atoms with Crippen LogP contribution < -0.4 is 4.89 Å². The van der Waals surface area contributed by atoms with Gasteiger partial charge in [-0.25, -0.2) is 4.79 Å². The van der Waals surface area contributed by atoms with E-state index in [0.29, 0.717) is 6.42 Å². The molecule has 0 aliphatic rings. The molecule has 0 aliphatic carbocycles. The van der Waals surface area contributed by atoms with Gasteiger partial charge in [-0.15, -0.1) is 0 Å². The van der Waals surface area contributed by atoms with Crippen molar-refractivity contribution in [2.75, 3.05) is 0 Å². The van der Waals surface area contributed by atoms with Crippen LogP contribution in [0.5, 0.6) is 5.75 Å². The predicted molar refractivity (Wildman–Crippen MR) is 60.2 cm³/mol. The first-order valence-corrected chi connectivity index (χ1v) is 5.52. The van der Waals surface area contributed by atoms with E-state index in [1.807, 2.05) is 0 Å². The van der Waals surface area contributed by atoms with Crippen LogP contribution in [0.1, 0.15) is 19.8 Å². The summed E-state index contributed by atoms with van der Waals surface area (Å²) in [6.45, 7) is 1.80. The van der Waals surface area contributed by atoms with E-state index in [-0.39, 0.29) is 16.8 Å². The summed E-state index contributed by atoms with van der Waals surface area (Å²) in [5, 5.41) is 10.6. The highest BCUT2D eigenvalue weighted by atomic mass is 79.9. The van der Waals surface area contributed by atoms with Crippen LogP contribution in [0.3, 0.4) is 0 Å². The van der Waals surface area contributed by atoms with E-state index >= 15 is 0 Å². The standard InChI is InChI=1S/C9H9BrN2O5/c1-2-3-8(13)17-16-6-4-5-7(10)11-9(6)12(14)15/h4-5H,2-3H2,1H3. The van der Waals surface area contributed by atoms with Crippen LogP contribution in [-0.2, 0) is 9.68 Å². The molecule has 0 unspecified atom stereocenters. The molecule has 0 aliphatic heterocycles. The fourth-order valence-electron chi connectivity index (χ4n) is 0.946. The highest BCUT2D eigenvalue weighted by molar-refractivity contribution is 9.10. The summed E-state index contributed by atoms with van der Waals surface area (Å²) in [6.07, 6.45) is 0.778. The molecule has 1 aromatic heterocycles. The predicted octanol–water partition coefficient (Wildman–Crippen LogP) is 2.39. The number of carbonyl (C=O) groups is 1. The van der Waals surface area contributed by atoms with E-state index in [0.717, 1.165) is 0 Å². The largest absolute Gasteiger partial charge is 0.412 e. The number of hydrogen-bond donors (Lipinski definition) is 0. The van der Waals surface area contributed by atoms with Crippen LogP contribution >= 0.6 is 15.9 Å². The number of nitrogens with zero attached hydrogens (tertiary/aromatic N) is 2. The average molecular weight is 305 g/mol. The average Bonchev–Trinajstić information content (AvgIpc) is 2.27. The topological polar surface area (TPSA) is 91.6 Å². The third-order valence-electron chi connectivity index (χ3n) is 1.66. The van der Waals surface area contributed by atoms with Crippen molar-refractivity contribution >= 4 is 27.7 Å². The summed E-state index contributed by atoms with van der Waals surface area (Å²) in [5.41, 5.74) is 0. The Morgan fingerprint density at radius 3 is 2.88 bits per heavy atom. The molecule has 0 radical (unpaired) electrons. The zero-order valence-corrected chi connectivity index (χ0v) is 10.5. The number of aromatic nitrogens is 1. The third kappa shape index (κ3) is 3.99. The highest BCUT2D eigenvalue weighted by Gasteiger charge is 2.20. The summed E-state index contributed by atoms with van der Waals surface area (Å²) in [5.74, 6) is -1.34. The SMILES string of the molecule is CCCC(=O)OOc1ccc(Br)nc1[N+](=O)[O-]. The first-order valence-electron chi connectivity index (χ1n) is 4.73. The second-order valence-corrected chi connectivity index (χ2v) is 3.81. The first-order chi connectivity index (χ1) is 8.04. The molecular formula is C9H9BrN2O5. The minimum absolute atomic E-state index is 0.178. The maximum absolute atomic E-state index is 11.0. The van der Waals surface area contributed by atoms with Crippen LogP contribution in [0.2, 0.25) is 0 Å². The van der Waals surface area contributed by atoms with Gasteiger partial charge in [0.1, 0.15) is 0 Å². The van der Waals surface area contributed by atoms with Gasteiger partial charge in [0.15, 0.2) is 0 Å². The number of carbonyl (C=O) groups excluding carboxylic acids is 1. The van der Waals surface area contributed by atoms with E-state index < -0.39 is 16.7 Å². The van der Waals surface area contributed by atoms with Gasteiger partial charge in [-0.2, -0.15) is 0 Å². The van der Waals surface area contributed by atoms with E-state index in [1.54, 1.807) is 6.92 Å². The second kappa shape index (κ2) is 6.14. The molecule has 17 heavy (non-hydrogen) atoms. The lowest BCUT2D eigenvalue weighted by molar-refractivity contribution is -0.392. The number of pyridine rings is 1. The van der Waals surface area contributed by atoms with Crippen LogP contribution in [-0.4, -0.2) is 15.9 Å². The first kappa shape index (κ1) is 13.4.